The third-order valence-electron chi connectivity index (χ3n) is 8.72. The summed E-state index contributed by atoms with van der Waals surface area (Å²) in [6.45, 7) is 9.77. The Morgan fingerprint density at radius 2 is 1.98 bits per heavy atom. The summed E-state index contributed by atoms with van der Waals surface area (Å²) in [5.74, 6) is 0.640. The van der Waals surface area contributed by atoms with Crippen molar-refractivity contribution in [1.29, 1.82) is 0 Å². The molecule has 0 saturated carbocycles. The Hall–Kier alpha value is -3.50. The summed E-state index contributed by atoms with van der Waals surface area (Å²) in [7, 11) is 0. The van der Waals surface area contributed by atoms with Crippen molar-refractivity contribution >= 4 is 46.2 Å². The van der Waals surface area contributed by atoms with E-state index >= 15 is 0 Å². The molecule has 0 bridgehead atoms. The van der Waals surface area contributed by atoms with E-state index in [9.17, 15) is 9.59 Å². The van der Waals surface area contributed by atoms with Gasteiger partial charge < -0.3 is 24.4 Å². The Bertz CT molecular complexity index is 1660. The summed E-state index contributed by atoms with van der Waals surface area (Å²) in [5, 5.41) is 12.8. The van der Waals surface area contributed by atoms with Crippen LogP contribution in [0.15, 0.2) is 24.4 Å². The van der Waals surface area contributed by atoms with E-state index in [4.69, 9.17) is 17.4 Å². The number of hydrogen-bond acceptors (Lipinski definition) is 6. The molecule has 1 fully saturated rings. The van der Waals surface area contributed by atoms with Crippen LogP contribution in [0.1, 0.15) is 41.0 Å². The highest BCUT2D eigenvalue weighted by Gasteiger charge is 2.35. The van der Waals surface area contributed by atoms with Gasteiger partial charge >= 0.3 is 0 Å². The highest BCUT2D eigenvalue weighted by molar-refractivity contribution is 7.80. The second-order valence-corrected chi connectivity index (χ2v) is 12.0. The van der Waals surface area contributed by atoms with Crippen LogP contribution in [0.25, 0.3) is 32.9 Å². The molecule has 2 amide bonds. The zero-order valence-electron chi connectivity index (χ0n) is 22.9. The second kappa shape index (κ2) is 9.85. The molecular formula is C30H34N6O3S. The van der Waals surface area contributed by atoms with Crippen LogP contribution < -0.4 is 10.1 Å². The number of ether oxygens (including phenoxy) is 1. The van der Waals surface area contributed by atoms with Gasteiger partial charge in [-0.2, -0.15) is 17.7 Å². The van der Waals surface area contributed by atoms with Crippen LogP contribution in [0.3, 0.4) is 0 Å². The van der Waals surface area contributed by atoms with Crippen LogP contribution in [0.4, 0.5) is 0 Å². The Morgan fingerprint density at radius 3 is 2.75 bits per heavy atom. The van der Waals surface area contributed by atoms with Crippen LogP contribution in [-0.2, 0) is 30.7 Å². The number of nitrogens with zero attached hydrogens (tertiary/aromatic N) is 4. The molecule has 10 heteroatoms. The number of thiol groups is 1. The fourth-order valence-electron chi connectivity index (χ4n) is 6.79. The lowest BCUT2D eigenvalue weighted by atomic mass is 9.82. The quantitative estimate of drug-likeness (QED) is 0.316. The van der Waals surface area contributed by atoms with Crippen LogP contribution >= 0.6 is 12.6 Å². The van der Waals surface area contributed by atoms with Crippen LogP contribution in [0, 0.1) is 0 Å². The molecule has 0 spiro atoms. The van der Waals surface area contributed by atoms with Gasteiger partial charge in [-0.05, 0) is 48.7 Å². The number of likely N-dealkylation sites (N-methyl/N-ethyl adjacent to an activating group) is 1. The molecule has 4 heterocycles. The van der Waals surface area contributed by atoms with Gasteiger partial charge in [-0.3, -0.25) is 14.7 Å². The fourth-order valence-corrected chi connectivity index (χ4v) is 6.95. The van der Waals surface area contributed by atoms with Crippen LogP contribution in [0.5, 0.6) is 5.75 Å². The number of hydrogen-bond donors (Lipinski definition) is 3. The van der Waals surface area contributed by atoms with Gasteiger partial charge in [-0.15, -0.1) is 0 Å². The molecule has 0 radical (unpaired) electrons. The van der Waals surface area contributed by atoms with Crippen molar-refractivity contribution in [2.24, 2.45) is 0 Å². The maximum atomic E-state index is 13.2. The average molecular weight is 559 g/mol. The lowest BCUT2D eigenvalue weighted by Gasteiger charge is -2.33. The van der Waals surface area contributed by atoms with Crippen molar-refractivity contribution in [2.75, 3.05) is 39.3 Å². The predicted molar refractivity (Wildman–Crippen MR) is 158 cm³/mol. The van der Waals surface area contributed by atoms with Gasteiger partial charge in [0.25, 0.3) is 11.8 Å². The Labute approximate surface area is 238 Å². The van der Waals surface area contributed by atoms with Crippen molar-refractivity contribution in [3.8, 4) is 16.9 Å². The summed E-state index contributed by atoms with van der Waals surface area (Å²) in [6, 6.07) is 6.08. The topological polar surface area (TPSA) is 95.5 Å². The van der Waals surface area contributed by atoms with Gasteiger partial charge in [0.2, 0.25) is 0 Å². The molecule has 1 atom stereocenters. The van der Waals surface area contributed by atoms with E-state index in [1.807, 2.05) is 23.2 Å². The molecule has 40 heavy (non-hydrogen) atoms. The maximum Gasteiger partial charge on any atom is 0.260 e. The molecule has 2 aromatic carbocycles. The van der Waals surface area contributed by atoms with Crippen molar-refractivity contribution in [3.05, 3.63) is 46.8 Å². The van der Waals surface area contributed by atoms with E-state index in [2.05, 4.69) is 44.9 Å². The zero-order valence-corrected chi connectivity index (χ0v) is 23.8. The number of amides is 2. The molecule has 4 aromatic rings. The molecule has 2 N–H and O–H groups in total. The molecule has 2 aromatic heterocycles. The van der Waals surface area contributed by atoms with Gasteiger partial charge in [-0.25, -0.2) is 0 Å². The lowest BCUT2D eigenvalue weighted by Crippen LogP contribution is -2.49. The summed E-state index contributed by atoms with van der Waals surface area (Å²) in [5.41, 5.74) is 8.32. The van der Waals surface area contributed by atoms with Gasteiger partial charge in [0, 0.05) is 77.6 Å². The number of H-pyrrole nitrogens is 1. The molecule has 1 unspecified atom stereocenters. The minimum absolute atomic E-state index is 0.0146. The number of aromatic nitrogens is 3. The Balaban J connectivity index is 1.33. The number of fused-ring (bicyclic) bond motifs is 10. The third kappa shape index (κ3) is 3.99. The molecule has 1 saturated heterocycles. The van der Waals surface area contributed by atoms with E-state index in [0.29, 0.717) is 12.3 Å². The van der Waals surface area contributed by atoms with E-state index in [-0.39, 0.29) is 23.7 Å². The zero-order chi connectivity index (χ0) is 27.5. The molecule has 7 rings (SSSR count). The number of carbonyl (C=O) groups excluding carboxylic acids is 2. The molecular weight excluding hydrogens is 524 g/mol. The molecule has 208 valence electrons. The first-order valence-electron chi connectivity index (χ1n) is 14.2. The summed E-state index contributed by atoms with van der Waals surface area (Å²) in [6.07, 6.45) is 3.52. The largest absolute Gasteiger partial charge is 0.484 e. The van der Waals surface area contributed by atoms with Crippen molar-refractivity contribution in [2.45, 2.75) is 45.0 Å². The lowest BCUT2D eigenvalue weighted by molar-refractivity contribution is -0.135. The highest BCUT2D eigenvalue weighted by atomic mass is 32.1. The summed E-state index contributed by atoms with van der Waals surface area (Å²) >= 11 is 4.76. The number of benzene rings is 2. The minimum atomic E-state index is -0.0353. The van der Waals surface area contributed by atoms with E-state index in [1.165, 1.54) is 5.56 Å². The highest BCUT2D eigenvalue weighted by Crippen LogP contribution is 2.47. The van der Waals surface area contributed by atoms with Crippen molar-refractivity contribution in [3.63, 3.8) is 0 Å². The fraction of sp³-hybridized carbons (Fsp3) is 0.433. The first-order chi connectivity index (χ1) is 19.4. The summed E-state index contributed by atoms with van der Waals surface area (Å²) in [4.78, 5) is 30.4. The number of aromatic amines is 1. The minimum Gasteiger partial charge on any atom is -0.484 e. The standard InChI is InChI=1S/C30H34N6O3S/c1-3-34-8-10-35(11-9-34)25(37)16-39-18-4-7-24-20(12-18)27-22-13-31-30(38)28(22)26-19(29(27)36(24)15-17(2)40)5-6-23-21(26)14-32-33-23/h4,7,12,14,17,40H,3,5-6,8-11,13,15-16H2,1-2H3,(H,31,38)(H,32,33). The molecule has 3 aliphatic rings. The van der Waals surface area contributed by atoms with Crippen LogP contribution in [0.2, 0.25) is 0 Å². The van der Waals surface area contributed by atoms with Crippen molar-refractivity contribution in [1.82, 2.24) is 29.9 Å². The van der Waals surface area contributed by atoms with Gasteiger partial charge in [-0.1, -0.05) is 13.8 Å². The first kappa shape index (κ1) is 25.5. The van der Waals surface area contributed by atoms with E-state index in [0.717, 1.165) is 102 Å². The van der Waals surface area contributed by atoms with E-state index in [1.54, 1.807) is 0 Å². The Morgan fingerprint density at radius 1 is 1.15 bits per heavy atom. The maximum absolute atomic E-state index is 13.2. The SMILES string of the molecule is CCN1CCN(C(=O)COc2ccc3c(c2)c2c4c(c5c(c2n3CC(C)S)CCc2[nH]ncc2-5)C(=O)NC4)CC1. The van der Waals surface area contributed by atoms with E-state index < -0.39 is 0 Å². The number of piperazine rings is 1. The normalized spacial score (nSPS) is 17.6. The average Bonchev–Trinajstić information content (AvgIpc) is 3.67. The molecule has 2 aliphatic heterocycles. The van der Waals surface area contributed by atoms with Crippen LogP contribution in [-0.4, -0.2) is 81.0 Å². The monoisotopic (exact) mass is 558 g/mol. The Kier molecular flexibility index (Phi) is 6.27. The first-order valence-corrected chi connectivity index (χ1v) is 14.7. The van der Waals surface area contributed by atoms with Crippen molar-refractivity contribution < 1.29 is 14.3 Å². The number of rotatable bonds is 6. The van der Waals surface area contributed by atoms with Gasteiger partial charge in [0.15, 0.2) is 6.61 Å². The summed E-state index contributed by atoms with van der Waals surface area (Å²) < 4.78 is 8.45. The predicted octanol–water partition coefficient (Wildman–Crippen LogP) is 3.39. The van der Waals surface area contributed by atoms with Gasteiger partial charge in [0.05, 0.1) is 17.3 Å². The number of carbonyl (C=O) groups is 2. The molecule has 1 aliphatic carbocycles. The second-order valence-electron chi connectivity index (χ2n) is 11.1. The molecule has 9 nitrogen and oxygen atoms in total. The number of aryl methyl sites for hydroxylation is 2. The van der Waals surface area contributed by atoms with Gasteiger partial charge in [0.1, 0.15) is 5.75 Å². The number of nitrogens with one attached hydrogen (secondary N) is 2. The third-order valence-corrected chi connectivity index (χ3v) is 8.89. The smallest absolute Gasteiger partial charge is 0.260 e.